The molecule has 5 N–H and O–H groups in total. The average Bonchev–Trinajstić information content (AvgIpc) is 4.10. The number of aromatic amines is 1. The molecule has 0 aliphatic rings. The number of H-pyrrole nitrogens is 1. The second kappa shape index (κ2) is 17.9. The SMILES string of the molecule is CCn1nccc1-c1c[nH]c2ncc(-c3ccc(N)c(C(=O)N(C)C)c3)cc12.CCn1nccc1-c1cn(COC(=O)C(C)(C)C)c2ncc(-c3ccc(N)c(C(=O)N(C)C)c3)cc12. The summed E-state index contributed by atoms with van der Waals surface area (Å²) in [6.45, 7) is 11.1. The lowest BCUT2D eigenvalue weighted by atomic mass is 9.98. The van der Waals surface area contributed by atoms with E-state index < -0.39 is 5.41 Å². The number of carbonyl (C=O) groups excluding carboxylic acids is 3. The predicted molar refractivity (Wildman–Crippen MR) is 251 cm³/mol. The molecule has 6 aromatic heterocycles. The third-order valence-electron chi connectivity index (χ3n) is 10.8. The van der Waals surface area contributed by atoms with E-state index in [9.17, 15) is 14.4 Å². The van der Waals surface area contributed by atoms with Gasteiger partial charge in [0.1, 0.15) is 11.3 Å². The molecular weight excluding hydrogens is 809 g/mol. The quantitative estimate of drug-likeness (QED) is 0.0899. The molecule has 8 aromatic rings. The summed E-state index contributed by atoms with van der Waals surface area (Å²) in [5, 5.41) is 10.7. The number of anilines is 2. The molecule has 16 heteroatoms. The Balaban J connectivity index is 0.000000197. The summed E-state index contributed by atoms with van der Waals surface area (Å²) in [6.07, 6.45) is 11.0. The number of hydrogen-bond acceptors (Lipinski definition) is 10. The Morgan fingerprint density at radius 3 is 1.72 bits per heavy atom. The molecule has 2 aromatic carbocycles. The molecule has 16 nitrogen and oxygen atoms in total. The van der Waals surface area contributed by atoms with Crippen molar-refractivity contribution in [2.45, 2.75) is 54.4 Å². The van der Waals surface area contributed by atoms with Crippen molar-refractivity contribution < 1.29 is 19.1 Å². The Kier molecular flexibility index (Phi) is 12.4. The molecule has 0 radical (unpaired) electrons. The maximum absolute atomic E-state index is 12.6. The minimum Gasteiger partial charge on any atom is -0.443 e. The topological polar surface area (TPSA) is 201 Å². The van der Waals surface area contributed by atoms with Crippen LogP contribution >= 0.6 is 0 Å². The van der Waals surface area contributed by atoms with Gasteiger partial charge in [-0.2, -0.15) is 10.2 Å². The normalized spacial score (nSPS) is 11.4. The number of rotatable bonds is 10. The fraction of sp³-hybridized carbons (Fsp3) is 0.271. The summed E-state index contributed by atoms with van der Waals surface area (Å²) < 4.78 is 11.3. The first kappa shape index (κ1) is 44.3. The van der Waals surface area contributed by atoms with Crippen LogP contribution in [0.3, 0.4) is 0 Å². The van der Waals surface area contributed by atoms with Crippen molar-refractivity contribution in [1.82, 2.24) is 48.9 Å². The zero-order valence-corrected chi connectivity index (χ0v) is 37.7. The van der Waals surface area contributed by atoms with Gasteiger partial charge in [0.2, 0.25) is 0 Å². The molecule has 330 valence electrons. The fourth-order valence-corrected chi connectivity index (χ4v) is 7.30. The van der Waals surface area contributed by atoms with Crippen molar-refractivity contribution in [3.63, 3.8) is 0 Å². The molecule has 2 amide bonds. The lowest BCUT2D eigenvalue weighted by molar-refractivity contribution is -0.156. The Morgan fingerprint density at radius 1 is 0.688 bits per heavy atom. The van der Waals surface area contributed by atoms with Crippen LogP contribution in [0, 0.1) is 5.41 Å². The van der Waals surface area contributed by atoms with Crippen molar-refractivity contribution in [1.29, 1.82) is 0 Å². The van der Waals surface area contributed by atoms with Crippen molar-refractivity contribution in [3.8, 4) is 44.8 Å². The van der Waals surface area contributed by atoms with Crippen LogP contribution in [0.2, 0.25) is 0 Å². The van der Waals surface area contributed by atoms with Crippen molar-refractivity contribution >= 4 is 51.2 Å². The second-order valence-electron chi connectivity index (χ2n) is 16.8. The fourth-order valence-electron chi connectivity index (χ4n) is 7.30. The minimum absolute atomic E-state index is 0.0442. The van der Waals surface area contributed by atoms with Gasteiger partial charge in [-0.3, -0.25) is 28.3 Å². The summed E-state index contributed by atoms with van der Waals surface area (Å²) in [6, 6.07) is 19.0. The number of amides is 2. The largest absolute Gasteiger partial charge is 0.443 e. The van der Waals surface area contributed by atoms with Gasteiger partial charge >= 0.3 is 5.97 Å². The first-order valence-corrected chi connectivity index (χ1v) is 20.9. The molecule has 0 saturated heterocycles. The molecule has 0 atom stereocenters. The maximum atomic E-state index is 12.6. The lowest BCUT2D eigenvalue weighted by Gasteiger charge is -2.17. The van der Waals surface area contributed by atoms with E-state index >= 15 is 0 Å². The number of nitrogens with one attached hydrogen (secondary N) is 1. The van der Waals surface area contributed by atoms with Gasteiger partial charge in [0.05, 0.1) is 27.9 Å². The van der Waals surface area contributed by atoms with Gasteiger partial charge in [-0.1, -0.05) is 12.1 Å². The van der Waals surface area contributed by atoms with E-state index in [1.807, 2.05) is 90.4 Å². The van der Waals surface area contributed by atoms with Gasteiger partial charge in [0, 0.05) is 123 Å². The van der Waals surface area contributed by atoms with E-state index in [4.69, 9.17) is 21.2 Å². The van der Waals surface area contributed by atoms with E-state index in [-0.39, 0.29) is 24.5 Å². The number of carbonyl (C=O) groups is 3. The molecule has 0 fully saturated rings. The van der Waals surface area contributed by atoms with Crippen molar-refractivity contribution in [2.75, 3.05) is 39.7 Å². The minimum atomic E-state index is -0.607. The summed E-state index contributed by atoms with van der Waals surface area (Å²) in [5.41, 5.74) is 22.2. The van der Waals surface area contributed by atoms with Crippen LogP contribution in [-0.2, 0) is 29.4 Å². The highest BCUT2D eigenvalue weighted by atomic mass is 16.5. The standard InChI is InChI=1S/C27H32N6O3.C21H22N6O/c1-7-33-23(10-11-30-33)21-15-32(16-36-26(35)27(2,3)4)24-19(21)13-18(14-29-24)17-8-9-22(28)20(12-17)25(34)31(5)6;1-4-27-19(7-8-25-27)17-12-24-20-15(17)10-14(11-23-20)13-5-6-18(22)16(9-13)21(28)26(2)3/h8-15H,7,16,28H2,1-6H3;5-12H,4,22H2,1-3H3,(H,23,24). The van der Waals surface area contributed by atoms with Crippen molar-refractivity contribution in [2.24, 2.45) is 5.41 Å². The number of ether oxygens (including phenoxy) is 1. The maximum Gasteiger partial charge on any atom is 0.312 e. The number of aryl methyl sites for hydroxylation is 2. The highest BCUT2D eigenvalue weighted by Gasteiger charge is 2.24. The van der Waals surface area contributed by atoms with Gasteiger partial charge in [0.15, 0.2) is 6.73 Å². The summed E-state index contributed by atoms with van der Waals surface area (Å²) >= 11 is 0. The number of nitrogens with two attached hydrogens (primary N) is 2. The Labute approximate surface area is 371 Å². The number of fused-ring (bicyclic) bond motifs is 2. The first-order valence-electron chi connectivity index (χ1n) is 20.9. The summed E-state index contributed by atoms with van der Waals surface area (Å²) in [7, 11) is 6.82. The van der Waals surface area contributed by atoms with Crippen LogP contribution in [0.5, 0.6) is 0 Å². The summed E-state index contributed by atoms with van der Waals surface area (Å²) in [5.74, 6) is -0.577. The number of hydrogen-bond donors (Lipinski definition) is 3. The van der Waals surface area contributed by atoms with Gasteiger partial charge in [0.25, 0.3) is 11.8 Å². The molecule has 0 saturated carbocycles. The van der Waals surface area contributed by atoms with E-state index in [1.54, 1.807) is 71.2 Å². The van der Waals surface area contributed by atoms with Gasteiger partial charge < -0.3 is 31.0 Å². The first-order chi connectivity index (χ1) is 30.5. The monoisotopic (exact) mass is 862 g/mol. The molecule has 64 heavy (non-hydrogen) atoms. The number of nitrogens with zero attached hydrogens (tertiary/aromatic N) is 9. The van der Waals surface area contributed by atoms with Crippen LogP contribution in [0.25, 0.3) is 66.8 Å². The number of benzene rings is 2. The van der Waals surface area contributed by atoms with Crippen LogP contribution in [0.4, 0.5) is 11.4 Å². The van der Waals surface area contributed by atoms with Crippen LogP contribution in [0.1, 0.15) is 55.3 Å². The van der Waals surface area contributed by atoms with Crippen LogP contribution in [0.15, 0.2) is 97.8 Å². The molecule has 6 heterocycles. The number of pyridine rings is 2. The third kappa shape index (κ3) is 8.80. The molecule has 0 unspecified atom stereocenters. The second-order valence-corrected chi connectivity index (χ2v) is 16.8. The molecule has 8 rings (SSSR count). The van der Waals surface area contributed by atoms with Crippen LogP contribution in [-0.4, -0.2) is 94.9 Å². The zero-order chi connectivity index (χ0) is 46.0. The van der Waals surface area contributed by atoms with E-state index in [1.165, 1.54) is 9.80 Å². The molecular formula is C48H54N12O4. The van der Waals surface area contributed by atoms with E-state index in [2.05, 4.69) is 33.2 Å². The highest BCUT2D eigenvalue weighted by molar-refractivity contribution is 6.02. The van der Waals surface area contributed by atoms with E-state index in [0.717, 1.165) is 67.7 Å². The molecule has 0 aliphatic heterocycles. The summed E-state index contributed by atoms with van der Waals surface area (Å²) in [4.78, 5) is 53.0. The smallest absolute Gasteiger partial charge is 0.312 e. The third-order valence-corrected chi connectivity index (χ3v) is 10.8. The predicted octanol–water partition coefficient (Wildman–Crippen LogP) is 7.81. The molecule has 0 spiro atoms. The number of esters is 1. The number of aromatic nitrogens is 8. The lowest BCUT2D eigenvalue weighted by Crippen LogP contribution is -2.23. The van der Waals surface area contributed by atoms with E-state index in [0.29, 0.717) is 34.7 Å². The molecule has 0 bridgehead atoms. The zero-order valence-electron chi connectivity index (χ0n) is 37.7. The van der Waals surface area contributed by atoms with Gasteiger partial charge in [-0.05, 0) is 94.3 Å². The average molecular weight is 863 g/mol. The molecule has 0 aliphatic carbocycles. The Bertz CT molecular complexity index is 3020. The van der Waals surface area contributed by atoms with Gasteiger partial charge in [-0.15, -0.1) is 0 Å². The van der Waals surface area contributed by atoms with Gasteiger partial charge in [-0.25, -0.2) is 9.97 Å². The Morgan fingerprint density at radius 2 is 1.20 bits per heavy atom. The highest BCUT2D eigenvalue weighted by Crippen LogP contribution is 2.35. The number of nitrogen functional groups attached to an aromatic ring is 2. The van der Waals surface area contributed by atoms with Crippen molar-refractivity contribution in [3.05, 3.63) is 109 Å². The Hall–Kier alpha value is -7.75. The van der Waals surface area contributed by atoms with Crippen LogP contribution < -0.4 is 11.5 Å².